The summed E-state index contributed by atoms with van der Waals surface area (Å²) in [5.41, 5.74) is 3.30. The second-order valence-electron chi connectivity index (χ2n) is 8.03. The standard InChI is InChI=1S/C29H33BNO2P/c1-22(29(32)23-14-6-4-7-15-23)31(2)34(30,24-16-8-5-9-17-24)28-21-13-11-19-26(28)25-18-10-12-20-27(25)33-3/h4-22,29,32H,1-3,30H3/t22-,29-,34?/m0/s1. The number of rotatable bonds is 8. The molecule has 0 aliphatic heterocycles. The van der Waals surface area contributed by atoms with Crippen molar-refractivity contribution in [1.82, 2.24) is 4.67 Å². The van der Waals surface area contributed by atoms with Crippen LogP contribution in [0.5, 0.6) is 5.75 Å². The molecule has 0 bridgehead atoms. The minimum absolute atomic E-state index is 0.0424. The van der Waals surface area contributed by atoms with E-state index in [1.54, 1.807) is 7.11 Å². The minimum atomic E-state index is -1.86. The lowest BCUT2D eigenvalue weighted by molar-refractivity contribution is 0.110. The van der Waals surface area contributed by atoms with Crippen LogP contribution >= 0.6 is 7.29 Å². The Morgan fingerprint density at radius 1 is 0.765 bits per heavy atom. The Kier molecular flexibility index (Phi) is 7.53. The van der Waals surface area contributed by atoms with Gasteiger partial charge in [0.1, 0.15) is 5.75 Å². The summed E-state index contributed by atoms with van der Waals surface area (Å²) in [4.78, 5) is 0. The number of methoxy groups -OCH3 is 1. The Morgan fingerprint density at radius 3 is 1.94 bits per heavy atom. The van der Waals surface area contributed by atoms with E-state index in [0.29, 0.717) is 0 Å². The Balaban J connectivity index is 1.89. The van der Waals surface area contributed by atoms with Crippen LogP contribution in [0.25, 0.3) is 11.1 Å². The summed E-state index contributed by atoms with van der Waals surface area (Å²) in [6.45, 7) is 2.16. The average Bonchev–Trinajstić information content (AvgIpc) is 2.92. The summed E-state index contributed by atoms with van der Waals surface area (Å²) in [6, 6.07) is 38.0. The fraction of sp³-hybridized carbons (Fsp3) is 0.172. The Bertz CT molecular complexity index is 1220. The zero-order chi connectivity index (χ0) is 24.1. The van der Waals surface area contributed by atoms with Gasteiger partial charge in [0, 0.05) is 18.2 Å². The molecule has 0 amide bonds. The minimum Gasteiger partial charge on any atom is -0.496 e. The molecule has 0 aliphatic rings. The smallest absolute Gasteiger partial charge is 0.156 e. The quantitative estimate of drug-likeness (QED) is 0.303. The van der Waals surface area contributed by atoms with Gasteiger partial charge < -0.3 is 9.84 Å². The molecule has 1 N–H and O–H groups in total. The van der Waals surface area contributed by atoms with Crippen LogP contribution in [0.4, 0.5) is 0 Å². The van der Waals surface area contributed by atoms with E-state index in [9.17, 15) is 5.11 Å². The first-order valence-electron chi connectivity index (χ1n) is 11.1. The third kappa shape index (κ3) is 4.54. The number of ether oxygens (including phenoxy) is 1. The fourth-order valence-corrected chi connectivity index (χ4v) is 6.71. The lowest BCUT2D eigenvalue weighted by atomic mass is 10.0. The molecule has 3 atom stereocenters. The van der Waals surface area contributed by atoms with E-state index < -0.39 is 13.4 Å². The van der Waals surface area contributed by atoms with Crippen LogP contribution in [0.3, 0.4) is 0 Å². The normalized spacial score (nSPS) is 14.9. The van der Waals surface area contributed by atoms with E-state index in [-0.39, 0.29) is 13.6 Å². The van der Waals surface area contributed by atoms with Crippen molar-refractivity contribution in [3.8, 4) is 16.9 Å². The zero-order valence-corrected chi connectivity index (χ0v) is 20.2. The molecule has 0 saturated carbocycles. The van der Waals surface area contributed by atoms with Crippen molar-refractivity contribution in [2.24, 2.45) is 0 Å². The highest BCUT2D eigenvalue weighted by molar-refractivity contribution is 8.06. The van der Waals surface area contributed by atoms with Crippen molar-refractivity contribution in [3.05, 3.63) is 115 Å². The van der Waals surface area contributed by atoms with Crippen molar-refractivity contribution in [1.29, 1.82) is 0 Å². The largest absolute Gasteiger partial charge is 0.496 e. The topological polar surface area (TPSA) is 32.7 Å². The van der Waals surface area contributed by atoms with Gasteiger partial charge in [-0.15, -0.1) is 0 Å². The van der Waals surface area contributed by atoms with Gasteiger partial charge in [-0.2, -0.15) is 0 Å². The highest BCUT2D eigenvalue weighted by atomic mass is 31.2. The van der Waals surface area contributed by atoms with E-state index in [1.165, 1.54) is 16.2 Å². The Hall–Kier alpha value is -2.91. The lowest BCUT2D eigenvalue weighted by Gasteiger charge is -2.43. The summed E-state index contributed by atoms with van der Waals surface area (Å²) < 4.78 is 8.26. The molecular weight excluding hydrogens is 436 g/mol. The molecule has 0 heterocycles. The zero-order valence-electron chi connectivity index (χ0n) is 19.3. The summed E-state index contributed by atoms with van der Waals surface area (Å²) in [6.07, 6.45) is -0.564. The van der Waals surface area contributed by atoms with Crippen LogP contribution in [0.15, 0.2) is 109 Å². The Morgan fingerprint density at radius 2 is 1.29 bits per heavy atom. The number of aliphatic hydroxyl groups excluding tert-OH is 1. The van der Waals surface area contributed by atoms with Crippen LogP contribution in [-0.4, -0.2) is 37.5 Å². The molecule has 0 aromatic heterocycles. The molecule has 0 radical (unpaired) electrons. The second kappa shape index (κ2) is 10.6. The molecule has 4 aromatic carbocycles. The number of benzene rings is 4. The number of hydrogen-bond donors (Lipinski definition) is 1. The van der Waals surface area contributed by atoms with Crippen LogP contribution in [-0.2, 0) is 0 Å². The first-order chi connectivity index (χ1) is 16.5. The number of para-hydroxylation sites is 1. The predicted molar refractivity (Wildman–Crippen MR) is 150 cm³/mol. The molecule has 0 aliphatic carbocycles. The maximum Gasteiger partial charge on any atom is 0.156 e. The van der Waals surface area contributed by atoms with Gasteiger partial charge in [-0.1, -0.05) is 84.9 Å². The number of likely N-dealkylation sites (N-methyl/N-ethyl adjacent to an activating group) is 1. The molecule has 174 valence electrons. The molecule has 4 rings (SSSR count). The van der Waals surface area contributed by atoms with Crippen LogP contribution in [0.1, 0.15) is 18.6 Å². The third-order valence-electron chi connectivity index (χ3n) is 6.03. The summed E-state index contributed by atoms with van der Waals surface area (Å²) in [5, 5.41) is 14.1. The van der Waals surface area contributed by atoms with Gasteiger partial charge in [-0.25, -0.2) is 4.67 Å². The van der Waals surface area contributed by atoms with E-state index >= 15 is 0 Å². The summed E-state index contributed by atoms with van der Waals surface area (Å²) >= 11 is 0. The molecule has 1 unspecified atom stereocenters. The highest BCUT2D eigenvalue weighted by Gasteiger charge is 2.42. The molecule has 3 nitrogen and oxygen atoms in total. The van der Waals surface area contributed by atoms with Crippen LogP contribution in [0.2, 0.25) is 0 Å². The predicted octanol–water partition coefficient (Wildman–Crippen LogP) is 4.58. The first kappa shape index (κ1) is 24.2. The van der Waals surface area contributed by atoms with E-state index in [1.807, 2.05) is 42.5 Å². The summed E-state index contributed by atoms with van der Waals surface area (Å²) in [7, 11) is 1.86. The summed E-state index contributed by atoms with van der Waals surface area (Å²) in [5.74, 6) is 0.884. The molecule has 0 fully saturated rings. The fourth-order valence-electron chi connectivity index (χ4n) is 4.13. The van der Waals surface area contributed by atoms with E-state index in [4.69, 9.17) is 4.74 Å². The van der Waals surface area contributed by atoms with Crippen molar-refractivity contribution in [2.75, 3.05) is 14.2 Å². The lowest BCUT2D eigenvalue weighted by Crippen LogP contribution is -2.43. The van der Waals surface area contributed by atoms with Gasteiger partial charge in [-0.3, -0.25) is 0 Å². The molecular formula is C29H33BNO2P. The van der Waals surface area contributed by atoms with E-state index in [2.05, 4.69) is 85.4 Å². The molecule has 34 heavy (non-hydrogen) atoms. The van der Waals surface area contributed by atoms with Gasteiger partial charge >= 0.3 is 0 Å². The highest BCUT2D eigenvalue weighted by Crippen LogP contribution is 2.58. The number of hydrogen-bond acceptors (Lipinski definition) is 3. The van der Waals surface area contributed by atoms with Gasteiger partial charge in [-0.05, 0) is 44.0 Å². The Labute approximate surface area is 204 Å². The van der Waals surface area contributed by atoms with Crippen LogP contribution in [0, 0.1) is 0 Å². The maximum atomic E-state index is 11.4. The number of nitrogens with zero attached hydrogens (tertiary/aromatic N) is 1. The molecule has 0 saturated heterocycles. The van der Waals surface area contributed by atoms with Crippen molar-refractivity contribution >= 4 is 25.5 Å². The van der Waals surface area contributed by atoms with Gasteiger partial charge in [0.25, 0.3) is 0 Å². The van der Waals surface area contributed by atoms with Crippen LogP contribution < -0.4 is 15.3 Å². The van der Waals surface area contributed by atoms with Gasteiger partial charge in [0.2, 0.25) is 0 Å². The molecule has 0 spiro atoms. The molecule has 5 heteroatoms. The third-order valence-corrected chi connectivity index (χ3v) is 8.66. The second-order valence-corrected chi connectivity index (χ2v) is 10.3. The van der Waals surface area contributed by atoms with Crippen molar-refractivity contribution < 1.29 is 9.84 Å². The van der Waals surface area contributed by atoms with Crippen molar-refractivity contribution in [2.45, 2.75) is 19.1 Å². The van der Waals surface area contributed by atoms with E-state index in [0.717, 1.165) is 16.9 Å². The molecule has 4 aromatic rings. The first-order valence-corrected chi connectivity index (χ1v) is 12.4. The van der Waals surface area contributed by atoms with Crippen molar-refractivity contribution in [3.63, 3.8) is 0 Å². The van der Waals surface area contributed by atoms with Gasteiger partial charge in [0.05, 0.1) is 29.9 Å². The average molecular weight is 469 g/mol. The SMILES string of the molecule is [BH3-][P+](c1ccccc1)(c1ccccc1-c1ccccc1OC)N(C)[C@@H](C)[C@H](O)c1ccccc1. The maximum absolute atomic E-state index is 11.4. The number of aliphatic hydroxyl groups is 1. The van der Waals surface area contributed by atoms with Gasteiger partial charge in [0.15, 0.2) is 7.57 Å². The monoisotopic (exact) mass is 469 g/mol.